The Morgan fingerprint density at radius 2 is 2.25 bits per heavy atom. The molecule has 1 rings (SSSR count). The number of allylic oxidation sites excluding steroid dienone is 1. The van der Waals surface area contributed by atoms with Crippen LogP contribution in [0.1, 0.15) is 11.3 Å². The maximum atomic E-state index is 8.69. The molecule has 0 saturated carbocycles. The average Bonchev–Trinajstić information content (AvgIpc) is 2.47. The van der Waals surface area contributed by atoms with Gasteiger partial charge < -0.3 is 4.57 Å². The van der Waals surface area contributed by atoms with Crippen LogP contribution in [-0.4, -0.2) is 4.57 Å². The molecule has 1 aromatic heterocycles. The maximum Gasteiger partial charge on any atom is 0.138 e. The SMILES string of the molecule is C=CCn1ccc(C#N)c1C#N. The molecule has 0 N–H and O–H groups in total. The molecule has 0 aromatic carbocycles. The summed E-state index contributed by atoms with van der Waals surface area (Å²) in [5.74, 6) is 0. The number of hydrogen-bond donors (Lipinski definition) is 0. The van der Waals surface area contributed by atoms with Gasteiger partial charge in [0.05, 0.1) is 5.56 Å². The van der Waals surface area contributed by atoms with E-state index >= 15 is 0 Å². The van der Waals surface area contributed by atoms with Gasteiger partial charge in [-0.25, -0.2) is 0 Å². The summed E-state index contributed by atoms with van der Waals surface area (Å²) in [7, 11) is 0. The normalized spacial score (nSPS) is 8.50. The fourth-order valence-corrected chi connectivity index (χ4v) is 0.979. The van der Waals surface area contributed by atoms with Gasteiger partial charge >= 0.3 is 0 Å². The number of nitrogens with zero attached hydrogens (tertiary/aromatic N) is 3. The van der Waals surface area contributed by atoms with Crippen molar-refractivity contribution in [2.45, 2.75) is 6.54 Å². The maximum absolute atomic E-state index is 8.69. The number of aromatic nitrogens is 1. The van der Waals surface area contributed by atoms with Crippen molar-refractivity contribution in [2.24, 2.45) is 0 Å². The van der Waals surface area contributed by atoms with E-state index in [2.05, 4.69) is 6.58 Å². The molecule has 0 saturated heterocycles. The summed E-state index contributed by atoms with van der Waals surface area (Å²) < 4.78 is 1.69. The van der Waals surface area contributed by atoms with Crippen LogP contribution in [0.5, 0.6) is 0 Å². The standard InChI is InChI=1S/C9H7N3/c1-2-4-12-5-3-8(6-10)9(12)7-11/h2-3,5H,1,4H2. The van der Waals surface area contributed by atoms with E-state index < -0.39 is 0 Å². The summed E-state index contributed by atoms with van der Waals surface area (Å²) in [4.78, 5) is 0. The van der Waals surface area contributed by atoms with Crippen LogP contribution in [0.15, 0.2) is 24.9 Å². The number of rotatable bonds is 2. The Morgan fingerprint density at radius 1 is 1.50 bits per heavy atom. The summed E-state index contributed by atoms with van der Waals surface area (Å²) in [5.41, 5.74) is 0.816. The van der Waals surface area contributed by atoms with E-state index in [1.807, 2.05) is 12.1 Å². The Hall–Kier alpha value is -2.00. The Bertz CT molecular complexity index is 373. The van der Waals surface area contributed by atoms with E-state index in [9.17, 15) is 0 Å². The molecular weight excluding hydrogens is 150 g/mol. The van der Waals surface area contributed by atoms with Crippen LogP contribution >= 0.6 is 0 Å². The highest BCUT2D eigenvalue weighted by Gasteiger charge is 2.05. The van der Waals surface area contributed by atoms with Crippen LogP contribution in [0.3, 0.4) is 0 Å². The molecule has 0 atom stereocenters. The van der Waals surface area contributed by atoms with E-state index in [0.29, 0.717) is 17.8 Å². The molecule has 0 bridgehead atoms. The van der Waals surface area contributed by atoms with Crippen molar-refractivity contribution < 1.29 is 0 Å². The van der Waals surface area contributed by atoms with Crippen molar-refractivity contribution in [3.05, 3.63) is 36.2 Å². The van der Waals surface area contributed by atoms with Crippen LogP contribution in [0.2, 0.25) is 0 Å². The molecule has 0 aliphatic rings. The molecule has 0 aliphatic carbocycles. The monoisotopic (exact) mass is 157 g/mol. The molecule has 0 unspecified atom stereocenters. The van der Waals surface area contributed by atoms with Crippen LogP contribution in [0, 0.1) is 22.7 Å². The lowest BCUT2D eigenvalue weighted by atomic mass is 10.3. The minimum absolute atomic E-state index is 0.400. The predicted molar refractivity (Wildman–Crippen MR) is 44.1 cm³/mol. The smallest absolute Gasteiger partial charge is 0.138 e. The summed E-state index contributed by atoms with van der Waals surface area (Å²) in [5, 5.41) is 17.3. The largest absolute Gasteiger partial charge is 0.335 e. The van der Waals surface area contributed by atoms with Crippen LogP contribution in [0.4, 0.5) is 0 Å². The zero-order valence-corrected chi connectivity index (χ0v) is 6.49. The highest BCUT2D eigenvalue weighted by atomic mass is 15.0. The van der Waals surface area contributed by atoms with Gasteiger partial charge in [0.2, 0.25) is 0 Å². The fourth-order valence-electron chi connectivity index (χ4n) is 0.979. The first-order valence-electron chi connectivity index (χ1n) is 3.43. The van der Waals surface area contributed by atoms with Crippen molar-refractivity contribution in [1.29, 1.82) is 10.5 Å². The molecule has 0 fully saturated rings. The zero-order chi connectivity index (χ0) is 8.97. The fraction of sp³-hybridized carbons (Fsp3) is 0.111. The van der Waals surface area contributed by atoms with Gasteiger partial charge in [0.1, 0.15) is 17.8 Å². The zero-order valence-electron chi connectivity index (χ0n) is 6.49. The molecule has 1 aromatic rings. The summed E-state index contributed by atoms with van der Waals surface area (Å²) in [6.45, 7) is 4.11. The lowest BCUT2D eigenvalue weighted by molar-refractivity contribution is 0.817. The van der Waals surface area contributed by atoms with E-state index in [-0.39, 0.29) is 0 Å². The van der Waals surface area contributed by atoms with Crippen LogP contribution in [0.25, 0.3) is 0 Å². The first-order valence-corrected chi connectivity index (χ1v) is 3.43. The summed E-state index contributed by atoms with van der Waals surface area (Å²) in [6.07, 6.45) is 3.39. The van der Waals surface area contributed by atoms with Gasteiger partial charge in [0.15, 0.2) is 0 Å². The van der Waals surface area contributed by atoms with Gasteiger partial charge in [0.25, 0.3) is 0 Å². The summed E-state index contributed by atoms with van der Waals surface area (Å²) >= 11 is 0. The van der Waals surface area contributed by atoms with Gasteiger partial charge in [-0.2, -0.15) is 10.5 Å². The van der Waals surface area contributed by atoms with E-state index in [1.165, 1.54) is 0 Å². The van der Waals surface area contributed by atoms with Gasteiger partial charge in [-0.3, -0.25) is 0 Å². The lowest BCUT2D eigenvalue weighted by Crippen LogP contribution is -1.96. The van der Waals surface area contributed by atoms with Crippen LogP contribution in [-0.2, 0) is 6.54 Å². The van der Waals surface area contributed by atoms with Crippen molar-refractivity contribution in [3.63, 3.8) is 0 Å². The van der Waals surface area contributed by atoms with Gasteiger partial charge in [-0.15, -0.1) is 6.58 Å². The van der Waals surface area contributed by atoms with Crippen LogP contribution < -0.4 is 0 Å². The quantitative estimate of drug-likeness (QED) is 0.609. The highest BCUT2D eigenvalue weighted by molar-refractivity contribution is 5.42. The molecule has 1 heterocycles. The predicted octanol–water partition coefficient (Wildman–Crippen LogP) is 1.42. The first-order chi connectivity index (χ1) is 5.83. The third-order valence-corrected chi connectivity index (χ3v) is 1.52. The Labute approximate surface area is 70.8 Å². The van der Waals surface area contributed by atoms with Gasteiger partial charge in [-0.1, -0.05) is 6.08 Å². The Balaban J connectivity index is 3.17. The van der Waals surface area contributed by atoms with Gasteiger partial charge in [-0.05, 0) is 6.07 Å². The summed E-state index contributed by atoms with van der Waals surface area (Å²) in [6, 6.07) is 5.55. The molecule has 3 heteroatoms. The molecule has 0 amide bonds. The minimum Gasteiger partial charge on any atom is -0.335 e. The molecule has 58 valence electrons. The van der Waals surface area contributed by atoms with E-state index in [4.69, 9.17) is 10.5 Å². The Kier molecular flexibility index (Phi) is 2.30. The number of nitriles is 2. The Morgan fingerprint density at radius 3 is 2.75 bits per heavy atom. The van der Waals surface area contributed by atoms with Crippen molar-refractivity contribution in [1.82, 2.24) is 4.57 Å². The van der Waals surface area contributed by atoms with Crippen molar-refractivity contribution in [2.75, 3.05) is 0 Å². The second kappa shape index (κ2) is 3.41. The molecule has 0 radical (unpaired) electrons. The minimum atomic E-state index is 0.400. The van der Waals surface area contributed by atoms with Gasteiger partial charge in [0, 0.05) is 12.7 Å². The average molecular weight is 157 g/mol. The number of hydrogen-bond acceptors (Lipinski definition) is 2. The first kappa shape index (κ1) is 8.10. The third-order valence-electron chi connectivity index (χ3n) is 1.52. The van der Waals surface area contributed by atoms with Crippen molar-refractivity contribution >= 4 is 0 Å². The van der Waals surface area contributed by atoms with Crippen molar-refractivity contribution in [3.8, 4) is 12.1 Å². The highest BCUT2D eigenvalue weighted by Crippen LogP contribution is 2.08. The molecule has 12 heavy (non-hydrogen) atoms. The molecular formula is C9H7N3. The lowest BCUT2D eigenvalue weighted by Gasteiger charge is -1.97. The molecule has 3 nitrogen and oxygen atoms in total. The second-order valence-corrected chi connectivity index (χ2v) is 2.24. The van der Waals surface area contributed by atoms with E-state index in [0.717, 1.165) is 0 Å². The molecule has 0 spiro atoms. The third kappa shape index (κ3) is 1.21. The second-order valence-electron chi connectivity index (χ2n) is 2.24. The topological polar surface area (TPSA) is 52.5 Å². The van der Waals surface area contributed by atoms with E-state index in [1.54, 1.807) is 22.9 Å². The molecule has 0 aliphatic heterocycles.